The fourth-order valence-corrected chi connectivity index (χ4v) is 4.07. The number of hydrogen-bond acceptors (Lipinski definition) is 6. The monoisotopic (exact) mass is 454 g/mol. The first kappa shape index (κ1) is 20.9. The highest BCUT2D eigenvalue weighted by Crippen LogP contribution is 2.36. The quantitative estimate of drug-likeness (QED) is 0.264. The van der Waals surface area contributed by atoms with Gasteiger partial charge in [0.05, 0.1) is 21.9 Å². The van der Waals surface area contributed by atoms with Crippen LogP contribution in [0.25, 0.3) is 17.4 Å². The number of nitro benzene ring substituents is 1. The summed E-state index contributed by atoms with van der Waals surface area (Å²) in [7, 11) is 0. The van der Waals surface area contributed by atoms with Crippen molar-refractivity contribution >= 4 is 46.3 Å². The largest absolute Gasteiger partial charge is 0.456 e. The van der Waals surface area contributed by atoms with E-state index in [0.29, 0.717) is 5.76 Å². The van der Waals surface area contributed by atoms with E-state index in [9.17, 15) is 19.7 Å². The summed E-state index contributed by atoms with van der Waals surface area (Å²) in [6.07, 6.45) is 1.46. The van der Waals surface area contributed by atoms with Gasteiger partial charge in [-0.05, 0) is 48.5 Å². The van der Waals surface area contributed by atoms with Gasteiger partial charge in [-0.15, -0.1) is 0 Å². The normalized spacial score (nSPS) is 15.2. The van der Waals surface area contributed by atoms with Crippen LogP contribution in [0.5, 0.6) is 0 Å². The van der Waals surface area contributed by atoms with Gasteiger partial charge in [0, 0.05) is 17.2 Å². The molecule has 0 bridgehead atoms. The SMILES string of the molecule is Cc1ccc(CN2C(=O)S/C(=C\c3ccc(-c4ccc(Cl)cc4[N+](=O)[O-])o3)C2=O)cc1. The minimum atomic E-state index is -0.542. The molecule has 0 aliphatic carbocycles. The Bertz CT molecular complexity index is 1230. The molecule has 31 heavy (non-hydrogen) atoms. The molecule has 2 aromatic carbocycles. The summed E-state index contributed by atoms with van der Waals surface area (Å²) in [6.45, 7) is 2.14. The van der Waals surface area contributed by atoms with Crippen molar-refractivity contribution in [2.45, 2.75) is 13.5 Å². The molecule has 2 amide bonds. The maximum absolute atomic E-state index is 12.7. The molecule has 1 aromatic heterocycles. The molecule has 1 aliphatic rings. The summed E-state index contributed by atoms with van der Waals surface area (Å²) in [4.78, 5) is 37.2. The van der Waals surface area contributed by atoms with Crippen LogP contribution in [0, 0.1) is 17.0 Å². The van der Waals surface area contributed by atoms with Crippen molar-refractivity contribution < 1.29 is 18.9 Å². The van der Waals surface area contributed by atoms with Gasteiger partial charge in [-0.3, -0.25) is 24.6 Å². The van der Waals surface area contributed by atoms with Crippen molar-refractivity contribution in [2.24, 2.45) is 0 Å². The molecule has 0 unspecified atom stereocenters. The molecule has 1 fully saturated rings. The van der Waals surface area contributed by atoms with E-state index < -0.39 is 10.8 Å². The van der Waals surface area contributed by atoms with E-state index in [1.807, 2.05) is 31.2 Å². The summed E-state index contributed by atoms with van der Waals surface area (Å²) in [5.74, 6) is 0.152. The number of nitro groups is 1. The molecule has 9 heteroatoms. The Morgan fingerprint density at radius 2 is 1.87 bits per heavy atom. The van der Waals surface area contributed by atoms with Crippen LogP contribution in [0.15, 0.2) is 63.9 Å². The fraction of sp³-hybridized carbons (Fsp3) is 0.0909. The second kappa shape index (κ2) is 8.41. The fourth-order valence-electron chi connectivity index (χ4n) is 3.08. The lowest BCUT2D eigenvalue weighted by Crippen LogP contribution is -2.27. The molecule has 1 aliphatic heterocycles. The number of benzene rings is 2. The van der Waals surface area contributed by atoms with Gasteiger partial charge < -0.3 is 4.42 Å². The zero-order valence-corrected chi connectivity index (χ0v) is 17.8. The maximum Gasteiger partial charge on any atom is 0.293 e. The Morgan fingerprint density at radius 3 is 2.58 bits per heavy atom. The Morgan fingerprint density at radius 1 is 1.13 bits per heavy atom. The molecular formula is C22H15ClN2O5S. The standard InChI is InChI=1S/C22H15ClN2O5S/c1-13-2-4-14(5-3-13)12-24-21(26)20(31-22(24)27)11-16-7-9-19(30-16)17-8-6-15(23)10-18(17)25(28)29/h2-11H,12H2,1H3/b20-11-. The number of carbonyl (C=O) groups is 2. The lowest BCUT2D eigenvalue weighted by Gasteiger charge is -2.12. The van der Waals surface area contributed by atoms with Crippen molar-refractivity contribution in [3.8, 4) is 11.3 Å². The summed E-state index contributed by atoms with van der Waals surface area (Å²) in [6, 6.07) is 15.0. The van der Waals surface area contributed by atoms with Crippen molar-refractivity contribution in [2.75, 3.05) is 0 Å². The molecule has 0 radical (unpaired) electrons. The molecule has 1 saturated heterocycles. The molecular weight excluding hydrogens is 440 g/mol. The zero-order valence-electron chi connectivity index (χ0n) is 16.2. The third-order valence-electron chi connectivity index (χ3n) is 4.66. The second-order valence-electron chi connectivity index (χ2n) is 6.87. The van der Waals surface area contributed by atoms with E-state index in [2.05, 4.69) is 0 Å². The average molecular weight is 455 g/mol. The minimum Gasteiger partial charge on any atom is -0.456 e. The lowest BCUT2D eigenvalue weighted by atomic mass is 10.1. The molecule has 0 spiro atoms. The van der Waals surface area contributed by atoms with Crippen LogP contribution in [-0.4, -0.2) is 21.0 Å². The van der Waals surface area contributed by atoms with Gasteiger partial charge in [-0.2, -0.15) is 0 Å². The first-order valence-electron chi connectivity index (χ1n) is 9.17. The number of halogens is 1. The van der Waals surface area contributed by atoms with E-state index >= 15 is 0 Å². The second-order valence-corrected chi connectivity index (χ2v) is 8.30. The van der Waals surface area contributed by atoms with Crippen molar-refractivity contribution in [1.82, 2.24) is 4.90 Å². The summed E-state index contributed by atoms with van der Waals surface area (Å²) >= 11 is 6.68. The molecule has 156 valence electrons. The lowest BCUT2D eigenvalue weighted by molar-refractivity contribution is -0.384. The molecule has 3 aromatic rings. The number of imide groups is 1. The Kier molecular flexibility index (Phi) is 5.67. The molecule has 7 nitrogen and oxygen atoms in total. The van der Waals surface area contributed by atoms with E-state index in [1.165, 1.54) is 29.2 Å². The predicted molar refractivity (Wildman–Crippen MR) is 119 cm³/mol. The van der Waals surface area contributed by atoms with Gasteiger partial charge in [0.2, 0.25) is 0 Å². The molecule has 0 atom stereocenters. The number of thioether (sulfide) groups is 1. The third-order valence-corrected chi connectivity index (χ3v) is 5.80. The summed E-state index contributed by atoms with van der Waals surface area (Å²) < 4.78 is 5.69. The molecule has 0 N–H and O–H groups in total. The van der Waals surface area contributed by atoms with Gasteiger partial charge in [0.1, 0.15) is 11.5 Å². The van der Waals surface area contributed by atoms with Crippen LogP contribution < -0.4 is 0 Å². The van der Waals surface area contributed by atoms with Gasteiger partial charge >= 0.3 is 0 Å². The highest BCUT2D eigenvalue weighted by atomic mass is 35.5. The number of hydrogen-bond donors (Lipinski definition) is 0. The molecule has 0 saturated carbocycles. The number of furan rings is 1. The van der Waals surface area contributed by atoms with Crippen LogP contribution >= 0.6 is 23.4 Å². The van der Waals surface area contributed by atoms with Gasteiger partial charge in [0.25, 0.3) is 16.8 Å². The van der Waals surface area contributed by atoms with E-state index in [1.54, 1.807) is 12.1 Å². The number of nitrogens with zero attached hydrogens (tertiary/aromatic N) is 2. The Hall–Kier alpha value is -3.36. The van der Waals surface area contributed by atoms with Crippen LogP contribution in [-0.2, 0) is 11.3 Å². The van der Waals surface area contributed by atoms with Gasteiger partial charge in [0.15, 0.2) is 0 Å². The molecule has 2 heterocycles. The topological polar surface area (TPSA) is 93.7 Å². The maximum atomic E-state index is 12.7. The number of rotatable bonds is 5. The van der Waals surface area contributed by atoms with Crippen LogP contribution in [0.1, 0.15) is 16.9 Å². The van der Waals surface area contributed by atoms with Crippen LogP contribution in [0.4, 0.5) is 10.5 Å². The number of carbonyl (C=O) groups excluding carboxylic acids is 2. The number of amides is 2. The number of aryl methyl sites for hydroxylation is 1. The first-order valence-corrected chi connectivity index (χ1v) is 10.4. The first-order chi connectivity index (χ1) is 14.8. The smallest absolute Gasteiger partial charge is 0.293 e. The highest BCUT2D eigenvalue weighted by molar-refractivity contribution is 8.18. The van der Waals surface area contributed by atoms with Gasteiger partial charge in [-0.25, -0.2) is 0 Å². The zero-order chi connectivity index (χ0) is 22.1. The summed E-state index contributed by atoms with van der Waals surface area (Å²) in [5, 5.41) is 11.2. The van der Waals surface area contributed by atoms with Crippen molar-refractivity contribution in [3.63, 3.8) is 0 Å². The molecule has 4 rings (SSSR count). The average Bonchev–Trinajstić information content (AvgIpc) is 3.29. The highest BCUT2D eigenvalue weighted by Gasteiger charge is 2.35. The van der Waals surface area contributed by atoms with E-state index in [0.717, 1.165) is 22.9 Å². The summed E-state index contributed by atoms with van der Waals surface area (Å²) in [5.41, 5.74) is 2.02. The van der Waals surface area contributed by atoms with Gasteiger partial charge in [-0.1, -0.05) is 41.4 Å². The Labute approximate surface area is 186 Å². The van der Waals surface area contributed by atoms with Crippen LogP contribution in [0.2, 0.25) is 5.02 Å². The Balaban J connectivity index is 1.57. The van der Waals surface area contributed by atoms with E-state index in [-0.39, 0.29) is 38.7 Å². The third kappa shape index (κ3) is 4.40. The van der Waals surface area contributed by atoms with E-state index in [4.69, 9.17) is 16.0 Å². The predicted octanol–water partition coefficient (Wildman–Crippen LogP) is 6.05. The van der Waals surface area contributed by atoms with Crippen LogP contribution in [0.3, 0.4) is 0 Å². The minimum absolute atomic E-state index is 0.183. The van der Waals surface area contributed by atoms with Crippen molar-refractivity contribution in [1.29, 1.82) is 0 Å². The van der Waals surface area contributed by atoms with Crippen molar-refractivity contribution in [3.05, 3.63) is 91.5 Å².